The van der Waals surface area contributed by atoms with Crippen LogP contribution in [-0.4, -0.2) is 44.2 Å². The van der Waals surface area contributed by atoms with Crippen molar-refractivity contribution in [2.45, 2.75) is 37.4 Å². The van der Waals surface area contributed by atoms with Crippen LogP contribution in [0.2, 0.25) is 0 Å². The molecule has 0 spiro atoms. The van der Waals surface area contributed by atoms with Crippen LogP contribution >= 0.6 is 0 Å². The van der Waals surface area contributed by atoms with Crippen molar-refractivity contribution >= 4 is 10.0 Å². The summed E-state index contributed by atoms with van der Waals surface area (Å²) in [5, 5.41) is 4.07. The van der Waals surface area contributed by atoms with Gasteiger partial charge in [0.15, 0.2) is 0 Å². The average molecular weight is 231 g/mol. The molecule has 0 aromatic carbocycles. The highest BCUT2D eigenvalue weighted by atomic mass is 32.2. The topological polar surface area (TPSA) is 51.5 Å². The molecule has 2 rings (SSSR count). The van der Waals surface area contributed by atoms with Crippen molar-refractivity contribution in [1.29, 1.82) is 0 Å². The molecule has 4 nitrogen and oxygen atoms in total. The fraction of sp³-hybridized carbons (Fsp3) is 1.00. The maximum atomic E-state index is 12.2. The molecule has 5 heteroatoms. The normalized spacial score (nSPS) is 26.7. The van der Waals surface area contributed by atoms with E-state index in [1.807, 2.05) is 0 Å². The molecule has 0 aromatic heterocycles. The van der Waals surface area contributed by atoms with Gasteiger partial charge in [-0.05, 0) is 12.8 Å². The highest BCUT2D eigenvalue weighted by molar-refractivity contribution is 7.89. The van der Waals surface area contributed by atoms with Gasteiger partial charge in [-0.1, -0.05) is 19.3 Å². The van der Waals surface area contributed by atoms with Crippen molar-refractivity contribution in [3.8, 4) is 0 Å². The fourth-order valence-electron chi connectivity index (χ4n) is 2.42. The van der Waals surface area contributed by atoms with Crippen LogP contribution in [0.4, 0.5) is 0 Å². The third kappa shape index (κ3) is 2.52. The highest BCUT2D eigenvalue weighted by Crippen LogP contribution is 2.26. The van der Waals surface area contributed by atoms with Crippen LogP contribution < -0.4 is 5.32 Å². The Kier molecular flexibility index (Phi) is 3.64. The lowest BCUT2D eigenvalue weighted by Gasteiger charge is -2.31. The van der Waals surface area contributed by atoms with Gasteiger partial charge in [0.1, 0.15) is 0 Å². The van der Waals surface area contributed by atoms with Crippen molar-refractivity contribution in [2.75, 3.05) is 26.2 Å². The Balaban J connectivity index is 2.03. The molecular weight excluding hydrogens is 212 g/mol. The molecular formula is C10H19N2O2S. The fourth-order valence-corrected chi connectivity index (χ4v) is 4.44. The van der Waals surface area contributed by atoms with E-state index in [2.05, 4.69) is 5.32 Å². The van der Waals surface area contributed by atoms with Crippen molar-refractivity contribution < 1.29 is 8.42 Å². The van der Waals surface area contributed by atoms with Crippen LogP contribution in [0.25, 0.3) is 0 Å². The minimum absolute atomic E-state index is 0.107. The second kappa shape index (κ2) is 4.80. The Morgan fingerprint density at radius 1 is 1.00 bits per heavy atom. The maximum Gasteiger partial charge on any atom is 0.217 e. The highest BCUT2D eigenvalue weighted by Gasteiger charge is 2.33. The van der Waals surface area contributed by atoms with Crippen molar-refractivity contribution in [1.82, 2.24) is 9.62 Å². The number of piperazine rings is 1. The third-order valence-corrected chi connectivity index (χ3v) is 5.75. The first-order valence-corrected chi connectivity index (χ1v) is 7.34. The van der Waals surface area contributed by atoms with E-state index in [0.717, 1.165) is 25.7 Å². The number of rotatable bonds is 2. The largest absolute Gasteiger partial charge is 0.239 e. The molecule has 2 fully saturated rings. The van der Waals surface area contributed by atoms with Gasteiger partial charge in [-0.25, -0.2) is 13.7 Å². The van der Waals surface area contributed by atoms with Crippen molar-refractivity contribution in [2.24, 2.45) is 0 Å². The van der Waals surface area contributed by atoms with Crippen LogP contribution in [-0.2, 0) is 10.0 Å². The monoisotopic (exact) mass is 231 g/mol. The maximum absolute atomic E-state index is 12.2. The van der Waals surface area contributed by atoms with E-state index in [1.54, 1.807) is 4.31 Å². The molecule has 1 saturated heterocycles. The van der Waals surface area contributed by atoms with E-state index in [9.17, 15) is 8.42 Å². The summed E-state index contributed by atoms with van der Waals surface area (Å²) >= 11 is 0. The van der Waals surface area contributed by atoms with E-state index in [4.69, 9.17) is 0 Å². The summed E-state index contributed by atoms with van der Waals surface area (Å²) in [6.45, 7) is 2.54. The molecule has 0 atom stereocenters. The summed E-state index contributed by atoms with van der Waals surface area (Å²) < 4.78 is 26.1. The van der Waals surface area contributed by atoms with Crippen LogP contribution in [0.1, 0.15) is 32.1 Å². The van der Waals surface area contributed by atoms with Gasteiger partial charge in [0, 0.05) is 26.2 Å². The van der Waals surface area contributed by atoms with E-state index < -0.39 is 10.0 Å². The summed E-state index contributed by atoms with van der Waals surface area (Å²) in [4.78, 5) is 0. The minimum Gasteiger partial charge on any atom is -0.239 e. The van der Waals surface area contributed by atoms with Gasteiger partial charge in [-0.15, -0.1) is 0 Å². The first kappa shape index (κ1) is 11.4. The van der Waals surface area contributed by atoms with E-state index in [1.165, 1.54) is 6.42 Å². The zero-order valence-corrected chi connectivity index (χ0v) is 9.88. The zero-order valence-electron chi connectivity index (χ0n) is 9.06. The summed E-state index contributed by atoms with van der Waals surface area (Å²) in [5.74, 6) is 0. The predicted octanol–water partition coefficient (Wildman–Crippen LogP) is 0.569. The Hall–Kier alpha value is -0.130. The summed E-state index contributed by atoms with van der Waals surface area (Å²) in [7, 11) is -3.01. The van der Waals surface area contributed by atoms with Crippen LogP contribution in [0, 0.1) is 0 Å². The lowest BCUT2D eigenvalue weighted by Crippen LogP contribution is -2.47. The van der Waals surface area contributed by atoms with Crippen LogP contribution in [0.5, 0.6) is 0 Å². The standard InChI is InChI=1S/C10H19N2O2S/c13-15(14,10-4-2-1-3-5-10)12-8-6-11-7-9-12/h10H,1-9H2. The molecule has 1 aliphatic carbocycles. The molecule has 0 amide bonds. The molecule has 1 radical (unpaired) electrons. The van der Waals surface area contributed by atoms with Crippen LogP contribution in [0.3, 0.4) is 0 Å². The molecule has 87 valence electrons. The van der Waals surface area contributed by atoms with Crippen molar-refractivity contribution in [3.63, 3.8) is 0 Å². The Labute approximate surface area is 92.1 Å². The quantitative estimate of drug-likeness (QED) is 0.697. The summed E-state index contributed by atoms with van der Waals surface area (Å²) in [6, 6.07) is 0. The average Bonchev–Trinajstić information content (AvgIpc) is 2.31. The van der Waals surface area contributed by atoms with Crippen molar-refractivity contribution in [3.05, 3.63) is 0 Å². The van der Waals surface area contributed by atoms with E-state index in [0.29, 0.717) is 26.2 Å². The first-order chi connectivity index (χ1) is 7.21. The first-order valence-electron chi connectivity index (χ1n) is 5.83. The van der Waals surface area contributed by atoms with Gasteiger partial charge < -0.3 is 0 Å². The lowest BCUT2D eigenvalue weighted by molar-refractivity contribution is 0.343. The van der Waals surface area contributed by atoms with E-state index in [-0.39, 0.29) is 5.25 Å². The number of nitrogens with zero attached hydrogens (tertiary/aromatic N) is 2. The third-order valence-electron chi connectivity index (χ3n) is 3.35. The summed E-state index contributed by atoms with van der Waals surface area (Å²) in [5.41, 5.74) is 0. The Morgan fingerprint density at radius 3 is 2.20 bits per heavy atom. The molecule has 15 heavy (non-hydrogen) atoms. The Morgan fingerprint density at radius 2 is 1.60 bits per heavy atom. The molecule has 0 N–H and O–H groups in total. The molecule has 0 bridgehead atoms. The second-order valence-electron chi connectivity index (χ2n) is 4.37. The minimum atomic E-state index is -3.01. The van der Waals surface area contributed by atoms with Gasteiger partial charge in [-0.2, -0.15) is 4.31 Å². The van der Waals surface area contributed by atoms with Gasteiger partial charge in [0.2, 0.25) is 10.0 Å². The molecule has 0 unspecified atom stereocenters. The number of sulfonamides is 1. The molecule has 1 saturated carbocycles. The molecule has 2 aliphatic rings. The lowest BCUT2D eigenvalue weighted by atomic mass is 10.0. The van der Waals surface area contributed by atoms with Gasteiger partial charge in [-0.3, -0.25) is 0 Å². The number of hydrogen-bond acceptors (Lipinski definition) is 2. The molecule has 1 heterocycles. The van der Waals surface area contributed by atoms with Gasteiger partial charge in [0.05, 0.1) is 5.25 Å². The summed E-state index contributed by atoms with van der Waals surface area (Å²) in [6.07, 6.45) is 5.05. The smallest absolute Gasteiger partial charge is 0.217 e. The number of hydrogen-bond donors (Lipinski definition) is 0. The zero-order chi connectivity index (χ0) is 10.7. The molecule has 1 aliphatic heterocycles. The van der Waals surface area contributed by atoms with Gasteiger partial charge >= 0.3 is 0 Å². The van der Waals surface area contributed by atoms with Crippen LogP contribution in [0.15, 0.2) is 0 Å². The predicted molar refractivity (Wildman–Crippen MR) is 59.2 cm³/mol. The Bertz CT molecular complexity index is 267. The SMILES string of the molecule is O=S(=O)(C1CCCCC1)N1CC[N]CC1. The molecule has 0 aromatic rings. The van der Waals surface area contributed by atoms with Gasteiger partial charge in [0.25, 0.3) is 0 Å². The second-order valence-corrected chi connectivity index (χ2v) is 6.59. The van der Waals surface area contributed by atoms with E-state index >= 15 is 0 Å².